The number of fused-ring (bicyclic) bond motifs is 5. The number of aryl methyl sites for hydroxylation is 2. The molecular weight excluding hydrogens is 711 g/mol. The number of hydrogen-bond acceptors (Lipinski definition) is 1. The van der Waals surface area contributed by atoms with Crippen LogP contribution in [0.15, 0.2) is 212 Å². The van der Waals surface area contributed by atoms with Crippen LogP contribution in [0.25, 0.3) is 87.2 Å². The third kappa shape index (κ3) is 5.69. The fourth-order valence-electron chi connectivity index (χ4n) is 9.56. The van der Waals surface area contributed by atoms with Crippen molar-refractivity contribution in [2.45, 2.75) is 13.8 Å². The monoisotopic (exact) mass is 751 g/mol. The first kappa shape index (κ1) is 34.7. The summed E-state index contributed by atoms with van der Waals surface area (Å²) in [5.41, 5.74) is 13.4. The van der Waals surface area contributed by atoms with Crippen LogP contribution in [0.2, 0.25) is 0 Å². The second kappa shape index (κ2) is 14.2. The molecule has 0 heterocycles. The SMILES string of the molecule is Cc1ccc(N(c2ccc(C)c3ccccc23)c2ccc(-c3c4ccccc4c(-c4cccc(-c5ccccc5)c4)c4ccccc34)c3ccccc23)c2ccccc12. The van der Waals surface area contributed by atoms with Crippen molar-refractivity contribution in [3.63, 3.8) is 0 Å². The van der Waals surface area contributed by atoms with Gasteiger partial charge in [-0.2, -0.15) is 0 Å². The predicted molar refractivity (Wildman–Crippen MR) is 254 cm³/mol. The molecular formula is C58H41N. The topological polar surface area (TPSA) is 3.24 Å². The second-order valence-corrected chi connectivity index (χ2v) is 15.7. The molecule has 11 aromatic carbocycles. The molecule has 11 rings (SSSR count). The zero-order chi connectivity index (χ0) is 39.5. The van der Waals surface area contributed by atoms with Gasteiger partial charge in [0.1, 0.15) is 0 Å². The lowest BCUT2D eigenvalue weighted by atomic mass is 9.84. The highest BCUT2D eigenvalue weighted by Crippen LogP contribution is 2.50. The molecule has 1 heteroatoms. The summed E-state index contributed by atoms with van der Waals surface area (Å²) in [6.45, 7) is 4.42. The maximum absolute atomic E-state index is 2.51. The highest BCUT2D eigenvalue weighted by Gasteiger charge is 2.24. The minimum absolute atomic E-state index is 1.15. The Morgan fingerprint density at radius 1 is 0.254 bits per heavy atom. The van der Waals surface area contributed by atoms with Gasteiger partial charge in [-0.1, -0.05) is 188 Å². The molecule has 0 saturated heterocycles. The van der Waals surface area contributed by atoms with Crippen molar-refractivity contribution in [3.8, 4) is 33.4 Å². The molecule has 0 fully saturated rings. The van der Waals surface area contributed by atoms with Gasteiger partial charge in [0.2, 0.25) is 0 Å². The first-order valence-electron chi connectivity index (χ1n) is 20.5. The zero-order valence-electron chi connectivity index (χ0n) is 33.2. The lowest BCUT2D eigenvalue weighted by Crippen LogP contribution is -2.12. The molecule has 0 unspecified atom stereocenters. The molecule has 0 atom stereocenters. The van der Waals surface area contributed by atoms with Crippen LogP contribution in [0, 0.1) is 13.8 Å². The van der Waals surface area contributed by atoms with Crippen molar-refractivity contribution in [3.05, 3.63) is 223 Å². The Labute approximate surface area is 345 Å². The number of hydrogen-bond donors (Lipinski definition) is 0. The van der Waals surface area contributed by atoms with Gasteiger partial charge in [0.25, 0.3) is 0 Å². The van der Waals surface area contributed by atoms with E-state index >= 15 is 0 Å². The van der Waals surface area contributed by atoms with E-state index in [4.69, 9.17) is 0 Å². The molecule has 1 nitrogen and oxygen atoms in total. The molecule has 59 heavy (non-hydrogen) atoms. The Morgan fingerprint density at radius 3 is 1.15 bits per heavy atom. The summed E-state index contributed by atoms with van der Waals surface area (Å²) in [5, 5.41) is 12.4. The van der Waals surface area contributed by atoms with Crippen LogP contribution >= 0.6 is 0 Å². The second-order valence-electron chi connectivity index (χ2n) is 15.7. The summed E-state index contributed by atoms with van der Waals surface area (Å²) in [7, 11) is 0. The van der Waals surface area contributed by atoms with Crippen LogP contribution in [0.3, 0.4) is 0 Å². The van der Waals surface area contributed by atoms with Gasteiger partial charge in [0.15, 0.2) is 0 Å². The third-order valence-electron chi connectivity index (χ3n) is 12.3. The highest BCUT2D eigenvalue weighted by atomic mass is 15.1. The molecule has 0 aliphatic rings. The molecule has 0 saturated carbocycles. The predicted octanol–water partition coefficient (Wildman–Crippen LogP) is 16.5. The van der Waals surface area contributed by atoms with E-state index in [-0.39, 0.29) is 0 Å². The Bertz CT molecular complexity index is 3270. The summed E-state index contributed by atoms with van der Waals surface area (Å²) in [5.74, 6) is 0. The first-order chi connectivity index (χ1) is 29.1. The molecule has 0 bridgehead atoms. The van der Waals surface area contributed by atoms with E-state index in [9.17, 15) is 0 Å². The summed E-state index contributed by atoms with van der Waals surface area (Å²) >= 11 is 0. The van der Waals surface area contributed by atoms with Crippen LogP contribution in [0.5, 0.6) is 0 Å². The smallest absolute Gasteiger partial charge is 0.0540 e. The Balaban J connectivity index is 1.19. The summed E-state index contributed by atoms with van der Waals surface area (Å²) < 4.78 is 0. The standard InChI is InChI=1S/C58H41N/c1-38-31-34-54(46-24-9-6-21-43(38)46)59(55-35-32-39(2)44-22-7-10-25-47(44)55)56-36-33-53(45-23-8-11-26-48(45)56)58-51-29-14-12-27-49(51)57(50-28-13-15-30-52(50)58)42-20-16-19-41(37-42)40-17-4-3-5-18-40/h3-37H,1-2H3. The van der Waals surface area contributed by atoms with Gasteiger partial charge in [-0.3, -0.25) is 0 Å². The Kier molecular flexibility index (Phi) is 8.34. The number of rotatable bonds is 6. The average molecular weight is 752 g/mol. The van der Waals surface area contributed by atoms with Crippen LogP contribution in [-0.2, 0) is 0 Å². The van der Waals surface area contributed by atoms with Gasteiger partial charge in [-0.15, -0.1) is 0 Å². The van der Waals surface area contributed by atoms with Gasteiger partial charge in [0.05, 0.1) is 17.1 Å². The lowest BCUT2D eigenvalue weighted by molar-refractivity contribution is 1.32. The van der Waals surface area contributed by atoms with Gasteiger partial charge >= 0.3 is 0 Å². The molecule has 0 N–H and O–H groups in total. The van der Waals surface area contributed by atoms with E-state index in [0.717, 1.165) is 17.1 Å². The molecule has 0 aliphatic heterocycles. The molecule has 0 amide bonds. The van der Waals surface area contributed by atoms with Gasteiger partial charge in [-0.25, -0.2) is 0 Å². The van der Waals surface area contributed by atoms with E-state index in [1.54, 1.807) is 0 Å². The summed E-state index contributed by atoms with van der Waals surface area (Å²) in [6.07, 6.45) is 0. The fraction of sp³-hybridized carbons (Fsp3) is 0.0345. The van der Waals surface area contributed by atoms with Crippen molar-refractivity contribution in [1.29, 1.82) is 0 Å². The largest absolute Gasteiger partial charge is 0.309 e. The van der Waals surface area contributed by atoms with Crippen molar-refractivity contribution >= 4 is 70.9 Å². The lowest BCUT2D eigenvalue weighted by Gasteiger charge is -2.30. The summed E-state index contributed by atoms with van der Waals surface area (Å²) in [6, 6.07) is 78.3. The molecule has 0 spiro atoms. The van der Waals surface area contributed by atoms with E-state index in [2.05, 4.69) is 231 Å². The summed E-state index contributed by atoms with van der Waals surface area (Å²) in [4.78, 5) is 2.51. The number of benzene rings is 11. The third-order valence-corrected chi connectivity index (χ3v) is 12.3. The average Bonchev–Trinajstić information content (AvgIpc) is 3.30. The fourth-order valence-corrected chi connectivity index (χ4v) is 9.56. The van der Waals surface area contributed by atoms with Crippen molar-refractivity contribution < 1.29 is 0 Å². The maximum atomic E-state index is 2.51. The van der Waals surface area contributed by atoms with Gasteiger partial charge in [-0.05, 0) is 120 Å². The van der Waals surface area contributed by atoms with Crippen LogP contribution in [-0.4, -0.2) is 0 Å². The zero-order valence-corrected chi connectivity index (χ0v) is 33.2. The molecule has 0 aliphatic carbocycles. The molecule has 0 aromatic heterocycles. The van der Waals surface area contributed by atoms with Crippen LogP contribution < -0.4 is 4.90 Å². The number of anilines is 3. The minimum atomic E-state index is 1.15. The molecule has 278 valence electrons. The van der Waals surface area contributed by atoms with E-state index in [0.29, 0.717) is 0 Å². The van der Waals surface area contributed by atoms with E-state index in [1.165, 1.54) is 98.4 Å². The van der Waals surface area contributed by atoms with Gasteiger partial charge < -0.3 is 4.90 Å². The normalized spacial score (nSPS) is 11.6. The van der Waals surface area contributed by atoms with Crippen molar-refractivity contribution in [2.75, 3.05) is 4.90 Å². The van der Waals surface area contributed by atoms with Crippen molar-refractivity contribution in [1.82, 2.24) is 0 Å². The van der Waals surface area contributed by atoms with Gasteiger partial charge in [0, 0.05) is 16.2 Å². The molecule has 11 aromatic rings. The van der Waals surface area contributed by atoms with E-state index < -0.39 is 0 Å². The quantitative estimate of drug-likeness (QED) is 0.153. The number of nitrogens with zero attached hydrogens (tertiary/aromatic N) is 1. The highest BCUT2D eigenvalue weighted by molar-refractivity contribution is 6.24. The minimum Gasteiger partial charge on any atom is -0.309 e. The Hall–Kier alpha value is -7.48. The first-order valence-corrected chi connectivity index (χ1v) is 20.5. The van der Waals surface area contributed by atoms with Crippen LogP contribution in [0.4, 0.5) is 17.1 Å². The van der Waals surface area contributed by atoms with E-state index in [1.807, 2.05) is 0 Å². The molecule has 0 radical (unpaired) electrons. The van der Waals surface area contributed by atoms with Crippen molar-refractivity contribution in [2.24, 2.45) is 0 Å². The van der Waals surface area contributed by atoms with Crippen LogP contribution in [0.1, 0.15) is 11.1 Å². The Morgan fingerprint density at radius 2 is 0.627 bits per heavy atom. The maximum Gasteiger partial charge on any atom is 0.0540 e.